The van der Waals surface area contributed by atoms with Crippen LogP contribution in [0.5, 0.6) is 0 Å². The van der Waals surface area contributed by atoms with E-state index in [0.29, 0.717) is 13.0 Å². The van der Waals surface area contributed by atoms with E-state index >= 15 is 0 Å². The number of urea groups is 1. The van der Waals surface area contributed by atoms with Crippen molar-refractivity contribution in [1.29, 1.82) is 5.26 Å². The van der Waals surface area contributed by atoms with E-state index < -0.39 is 0 Å². The zero-order valence-electron chi connectivity index (χ0n) is 12.2. The summed E-state index contributed by atoms with van der Waals surface area (Å²) in [5, 5.41) is 16.6. The first kappa shape index (κ1) is 16.4. The molecule has 2 rings (SSSR count). The number of hydrogen-bond donors (Lipinski definition) is 2. The minimum atomic E-state index is -0.227. The molecule has 1 aromatic carbocycles. The Kier molecular flexibility index (Phi) is 6.31. The lowest BCUT2D eigenvalue weighted by Gasteiger charge is -2.13. The van der Waals surface area contributed by atoms with Gasteiger partial charge in [0.05, 0.1) is 18.3 Å². The van der Waals surface area contributed by atoms with E-state index in [-0.39, 0.29) is 11.3 Å². The number of thiophene rings is 1. The van der Waals surface area contributed by atoms with Gasteiger partial charge in [-0.25, -0.2) is 4.79 Å². The van der Waals surface area contributed by atoms with Crippen LogP contribution in [0, 0.1) is 11.3 Å². The number of amides is 2. The molecule has 0 saturated carbocycles. The van der Waals surface area contributed by atoms with Crippen molar-refractivity contribution in [2.45, 2.75) is 30.0 Å². The van der Waals surface area contributed by atoms with E-state index in [1.807, 2.05) is 48.7 Å². The molecule has 0 fully saturated rings. The highest BCUT2D eigenvalue weighted by molar-refractivity contribution is 8.00. The molecule has 22 heavy (non-hydrogen) atoms. The molecule has 1 atom stereocenters. The zero-order valence-corrected chi connectivity index (χ0v) is 13.8. The summed E-state index contributed by atoms with van der Waals surface area (Å²) in [6, 6.07) is 13.5. The number of rotatable bonds is 6. The predicted molar refractivity (Wildman–Crippen MR) is 92.2 cm³/mol. The van der Waals surface area contributed by atoms with Crippen LogP contribution < -0.4 is 10.6 Å². The van der Waals surface area contributed by atoms with Crippen LogP contribution in [-0.4, -0.2) is 11.3 Å². The van der Waals surface area contributed by atoms with Crippen LogP contribution in [0.15, 0.2) is 46.7 Å². The fourth-order valence-corrected chi connectivity index (χ4v) is 3.45. The number of nitrogens with zero attached hydrogens (tertiary/aromatic N) is 1. The lowest BCUT2D eigenvalue weighted by molar-refractivity contribution is 0.252. The fraction of sp³-hybridized carbons (Fsp3) is 0.250. The Bertz CT molecular complexity index is 650. The second-order valence-corrected chi connectivity index (χ2v) is 7.19. The molecule has 2 aromatic rings. The third-order valence-electron chi connectivity index (χ3n) is 2.85. The maximum Gasteiger partial charge on any atom is 0.319 e. The summed E-state index contributed by atoms with van der Waals surface area (Å²) < 4.78 is 0. The summed E-state index contributed by atoms with van der Waals surface area (Å²) in [6.45, 7) is 2.52. The third kappa shape index (κ3) is 5.10. The molecule has 6 heteroatoms. The van der Waals surface area contributed by atoms with Gasteiger partial charge in [0.2, 0.25) is 0 Å². The Labute approximate surface area is 138 Å². The van der Waals surface area contributed by atoms with Gasteiger partial charge in [0.15, 0.2) is 0 Å². The van der Waals surface area contributed by atoms with Crippen LogP contribution in [0.2, 0.25) is 0 Å². The van der Waals surface area contributed by atoms with E-state index in [9.17, 15) is 4.79 Å². The Morgan fingerprint density at radius 3 is 2.91 bits per heavy atom. The molecule has 2 N–H and O–H groups in total. The van der Waals surface area contributed by atoms with Gasteiger partial charge in [0.25, 0.3) is 0 Å². The van der Waals surface area contributed by atoms with Crippen molar-refractivity contribution in [2.75, 3.05) is 5.32 Å². The largest absolute Gasteiger partial charge is 0.333 e. The first-order valence-corrected chi connectivity index (χ1v) is 8.65. The van der Waals surface area contributed by atoms with E-state index in [0.717, 1.165) is 15.5 Å². The molecule has 0 unspecified atom stereocenters. The monoisotopic (exact) mass is 331 g/mol. The summed E-state index contributed by atoms with van der Waals surface area (Å²) in [4.78, 5) is 14.1. The highest BCUT2D eigenvalue weighted by atomic mass is 32.2. The molecule has 0 spiro atoms. The van der Waals surface area contributed by atoms with Crippen molar-refractivity contribution in [3.8, 4) is 6.07 Å². The van der Waals surface area contributed by atoms with Crippen LogP contribution in [0.3, 0.4) is 0 Å². The van der Waals surface area contributed by atoms with Crippen LogP contribution in [-0.2, 0) is 6.54 Å². The number of benzene rings is 1. The quantitative estimate of drug-likeness (QED) is 0.768. The lowest BCUT2D eigenvalue weighted by atomic mass is 10.3. The molecule has 0 aliphatic carbocycles. The average Bonchev–Trinajstić information content (AvgIpc) is 3.01. The first-order chi connectivity index (χ1) is 10.7. The molecular weight excluding hydrogens is 314 g/mol. The molecule has 0 aliphatic rings. The average molecular weight is 331 g/mol. The van der Waals surface area contributed by atoms with Gasteiger partial charge in [-0.3, -0.25) is 0 Å². The molecule has 1 aromatic heterocycles. The second-order valence-electron chi connectivity index (χ2n) is 4.67. The maximum absolute atomic E-state index is 12.0. The molecule has 0 bridgehead atoms. The fourth-order valence-electron chi connectivity index (χ4n) is 1.81. The van der Waals surface area contributed by atoms with Crippen molar-refractivity contribution in [2.24, 2.45) is 0 Å². The summed E-state index contributed by atoms with van der Waals surface area (Å²) in [5.41, 5.74) is 0.765. The number of carbonyl (C=O) groups excluding carboxylic acids is 1. The van der Waals surface area contributed by atoms with Crippen molar-refractivity contribution in [1.82, 2.24) is 5.32 Å². The van der Waals surface area contributed by atoms with Gasteiger partial charge < -0.3 is 10.6 Å². The van der Waals surface area contributed by atoms with E-state index in [4.69, 9.17) is 5.26 Å². The Balaban J connectivity index is 1.94. The van der Waals surface area contributed by atoms with E-state index in [1.165, 1.54) is 0 Å². The number of para-hydroxylation sites is 1. The maximum atomic E-state index is 12.0. The number of hydrogen-bond acceptors (Lipinski definition) is 4. The van der Waals surface area contributed by atoms with Gasteiger partial charge in [-0.05, 0) is 23.6 Å². The second kappa shape index (κ2) is 8.47. The topological polar surface area (TPSA) is 64.9 Å². The van der Waals surface area contributed by atoms with Gasteiger partial charge in [0, 0.05) is 21.4 Å². The third-order valence-corrected chi connectivity index (χ3v) is 4.90. The number of thioether (sulfide) groups is 1. The summed E-state index contributed by atoms with van der Waals surface area (Å²) >= 11 is 3.20. The number of anilines is 1. The Hall–Kier alpha value is -1.97. The van der Waals surface area contributed by atoms with Crippen molar-refractivity contribution in [3.63, 3.8) is 0 Å². The van der Waals surface area contributed by atoms with E-state index in [1.54, 1.807) is 23.1 Å². The van der Waals surface area contributed by atoms with Gasteiger partial charge in [-0.15, -0.1) is 23.1 Å². The minimum absolute atomic E-state index is 0.183. The minimum Gasteiger partial charge on any atom is -0.333 e. The SMILES string of the molecule is C[C@H](CC#N)Sc1ccccc1NC(=O)NCc1cccs1. The molecule has 114 valence electrons. The normalized spacial score (nSPS) is 11.5. The van der Waals surface area contributed by atoms with Gasteiger partial charge in [0.1, 0.15) is 0 Å². The number of nitrogens with one attached hydrogen (secondary N) is 2. The van der Waals surface area contributed by atoms with Gasteiger partial charge in [-0.2, -0.15) is 5.26 Å². The Morgan fingerprint density at radius 1 is 1.36 bits per heavy atom. The molecule has 1 heterocycles. The number of nitriles is 1. The molecule has 0 radical (unpaired) electrons. The first-order valence-electron chi connectivity index (χ1n) is 6.89. The molecule has 0 aliphatic heterocycles. The van der Waals surface area contributed by atoms with Crippen LogP contribution in [0.25, 0.3) is 0 Å². The van der Waals surface area contributed by atoms with Crippen molar-refractivity contribution < 1.29 is 4.79 Å². The van der Waals surface area contributed by atoms with Crippen LogP contribution in [0.1, 0.15) is 18.2 Å². The highest BCUT2D eigenvalue weighted by Crippen LogP contribution is 2.31. The molecular formula is C16H17N3OS2. The summed E-state index contributed by atoms with van der Waals surface area (Å²) in [5.74, 6) is 0. The predicted octanol–water partition coefficient (Wildman–Crippen LogP) is 4.46. The molecule has 0 saturated heterocycles. The van der Waals surface area contributed by atoms with Crippen LogP contribution >= 0.6 is 23.1 Å². The summed E-state index contributed by atoms with van der Waals surface area (Å²) in [6.07, 6.45) is 0.476. The van der Waals surface area contributed by atoms with Gasteiger partial charge >= 0.3 is 6.03 Å². The molecule has 4 nitrogen and oxygen atoms in total. The van der Waals surface area contributed by atoms with Crippen molar-refractivity contribution in [3.05, 3.63) is 46.7 Å². The standard InChI is InChI=1S/C16H17N3OS2/c1-12(8-9-17)22-15-7-3-2-6-14(15)19-16(20)18-11-13-5-4-10-21-13/h2-7,10,12H,8,11H2,1H3,(H2,18,19,20)/t12-/m1/s1. The van der Waals surface area contributed by atoms with Crippen LogP contribution in [0.4, 0.5) is 10.5 Å². The van der Waals surface area contributed by atoms with E-state index in [2.05, 4.69) is 16.7 Å². The number of carbonyl (C=O) groups is 1. The summed E-state index contributed by atoms with van der Waals surface area (Å²) in [7, 11) is 0. The van der Waals surface area contributed by atoms with Gasteiger partial charge in [-0.1, -0.05) is 25.1 Å². The zero-order chi connectivity index (χ0) is 15.8. The van der Waals surface area contributed by atoms with Crippen molar-refractivity contribution >= 4 is 34.8 Å². The lowest BCUT2D eigenvalue weighted by Crippen LogP contribution is -2.28. The highest BCUT2D eigenvalue weighted by Gasteiger charge is 2.10. The smallest absolute Gasteiger partial charge is 0.319 e. The molecule has 2 amide bonds. The Morgan fingerprint density at radius 2 is 2.18 bits per heavy atom.